The van der Waals surface area contributed by atoms with Crippen LogP contribution in [0.25, 0.3) is 11.5 Å². The molecule has 0 spiro atoms. The molecule has 3 rings (SSSR count). The number of aryl methyl sites for hydroxylation is 1. The Hall–Kier alpha value is -2.08. The number of piperidine rings is 1. The fourth-order valence-corrected chi connectivity index (χ4v) is 3.14. The number of hydrogen-bond acceptors (Lipinski definition) is 4. The summed E-state index contributed by atoms with van der Waals surface area (Å²) in [4.78, 5) is 14.8. The number of nitrogens with zero attached hydrogens (tertiary/aromatic N) is 2. The Morgan fingerprint density at radius 2 is 2.08 bits per heavy atom. The van der Waals surface area contributed by atoms with E-state index in [4.69, 9.17) is 4.42 Å². The van der Waals surface area contributed by atoms with Crippen molar-refractivity contribution < 1.29 is 9.21 Å². The molecule has 0 unspecified atom stereocenters. The number of hydrogen-bond donors (Lipinski definition) is 2. The fourth-order valence-electron chi connectivity index (χ4n) is 3.14. The lowest BCUT2D eigenvalue weighted by Crippen LogP contribution is -2.53. The van der Waals surface area contributed by atoms with Crippen LogP contribution in [0.5, 0.6) is 0 Å². The third-order valence-electron chi connectivity index (χ3n) is 4.71. The van der Waals surface area contributed by atoms with Gasteiger partial charge < -0.3 is 9.73 Å². The zero-order valence-corrected chi connectivity index (χ0v) is 14.7. The van der Waals surface area contributed by atoms with Crippen molar-refractivity contribution in [3.05, 3.63) is 29.7 Å². The number of rotatable bonds is 5. The van der Waals surface area contributed by atoms with Crippen LogP contribution in [0.2, 0.25) is 0 Å². The topological polar surface area (TPSA) is 74.2 Å². The first-order chi connectivity index (χ1) is 11.5. The van der Waals surface area contributed by atoms with Crippen LogP contribution >= 0.6 is 0 Å². The number of carbonyl (C=O) groups is 1. The Bertz CT molecular complexity index is 695. The van der Waals surface area contributed by atoms with Gasteiger partial charge in [0.1, 0.15) is 11.5 Å². The van der Waals surface area contributed by atoms with Gasteiger partial charge in [0.2, 0.25) is 0 Å². The number of likely N-dealkylation sites (tertiary alicyclic amines) is 1. The van der Waals surface area contributed by atoms with Crippen molar-refractivity contribution in [2.45, 2.75) is 45.6 Å². The third kappa shape index (κ3) is 3.70. The number of amides is 1. The lowest BCUT2D eigenvalue weighted by atomic mass is 9.98. The SMILES string of the molecule is Cc1ccc(-c2cc(C(=O)NCC(C)(C)N3CCCCC3)n[nH]2)o1. The highest BCUT2D eigenvalue weighted by Crippen LogP contribution is 2.21. The molecule has 0 aromatic carbocycles. The minimum Gasteiger partial charge on any atom is -0.460 e. The van der Waals surface area contributed by atoms with Gasteiger partial charge in [-0.1, -0.05) is 6.42 Å². The summed E-state index contributed by atoms with van der Waals surface area (Å²) in [7, 11) is 0. The van der Waals surface area contributed by atoms with E-state index in [0.29, 0.717) is 23.7 Å². The average Bonchev–Trinajstić information content (AvgIpc) is 3.22. The smallest absolute Gasteiger partial charge is 0.271 e. The van der Waals surface area contributed by atoms with Gasteiger partial charge in [0.15, 0.2) is 11.5 Å². The summed E-state index contributed by atoms with van der Waals surface area (Å²) in [5, 5.41) is 9.98. The Balaban J connectivity index is 1.60. The number of aromatic nitrogens is 2. The third-order valence-corrected chi connectivity index (χ3v) is 4.71. The molecular formula is C18H26N4O2. The van der Waals surface area contributed by atoms with Crippen molar-refractivity contribution >= 4 is 5.91 Å². The van der Waals surface area contributed by atoms with Crippen LogP contribution in [0.1, 0.15) is 49.4 Å². The van der Waals surface area contributed by atoms with E-state index in [1.54, 1.807) is 6.07 Å². The van der Waals surface area contributed by atoms with Gasteiger partial charge in [-0.05, 0) is 58.8 Å². The maximum absolute atomic E-state index is 12.4. The van der Waals surface area contributed by atoms with Crippen molar-refractivity contribution in [3.8, 4) is 11.5 Å². The summed E-state index contributed by atoms with van der Waals surface area (Å²) in [5.41, 5.74) is 1.05. The number of furan rings is 1. The number of carbonyl (C=O) groups excluding carboxylic acids is 1. The predicted molar refractivity (Wildman–Crippen MR) is 92.9 cm³/mol. The molecule has 0 aliphatic carbocycles. The largest absolute Gasteiger partial charge is 0.460 e. The second-order valence-electron chi connectivity index (χ2n) is 7.12. The number of aromatic amines is 1. The molecule has 6 heteroatoms. The second kappa shape index (κ2) is 6.81. The van der Waals surface area contributed by atoms with Gasteiger partial charge >= 0.3 is 0 Å². The molecule has 2 N–H and O–H groups in total. The van der Waals surface area contributed by atoms with E-state index in [9.17, 15) is 4.79 Å². The van der Waals surface area contributed by atoms with Crippen molar-refractivity contribution in [2.75, 3.05) is 19.6 Å². The van der Waals surface area contributed by atoms with E-state index in [2.05, 4.69) is 34.3 Å². The van der Waals surface area contributed by atoms with E-state index in [0.717, 1.165) is 18.8 Å². The Kier molecular flexibility index (Phi) is 4.76. The normalized spacial score (nSPS) is 16.3. The monoisotopic (exact) mass is 330 g/mol. The van der Waals surface area contributed by atoms with E-state index in [1.165, 1.54) is 19.3 Å². The van der Waals surface area contributed by atoms with E-state index < -0.39 is 0 Å². The molecule has 130 valence electrons. The Morgan fingerprint density at radius 3 is 2.75 bits per heavy atom. The van der Waals surface area contributed by atoms with Crippen LogP contribution in [0.3, 0.4) is 0 Å². The first-order valence-electron chi connectivity index (χ1n) is 8.61. The van der Waals surface area contributed by atoms with Crippen LogP contribution in [0, 0.1) is 6.92 Å². The molecule has 0 saturated carbocycles. The lowest BCUT2D eigenvalue weighted by molar-refractivity contribution is 0.0794. The highest BCUT2D eigenvalue weighted by atomic mass is 16.3. The quantitative estimate of drug-likeness (QED) is 0.884. The standard InChI is InChI=1S/C18H26N4O2/c1-13-7-8-16(24-13)14-11-15(21-20-14)17(23)19-12-18(2,3)22-9-5-4-6-10-22/h7-8,11H,4-6,9-10,12H2,1-3H3,(H,19,23)(H,20,21). The van der Waals surface area contributed by atoms with Crippen LogP contribution in [-0.4, -0.2) is 46.2 Å². The molecule has 1 aliphatic heterocycles. The minimum absolute atomic E-state index is 0.0483. The van der Waals surface area contributed by atoms with Crippen molar-refractivity contribution in [3.63, 3.8) is 0 Å². The van der Waals surface area contributed by atoms with Gasteiger partial charge in [0, 0.05) is 18.2 Å². The molecule has 2 aromatic rings. The van der Waals surface area contributed by atoms with E-state index in [1.807, 2.05) is 19.1 Å². The van der Waals surface area contributed by atoms with Crippen LogP contribution in [0.4, 0.5) is 0 Å². The Morgan fingerprint density at radius 1 is 1.33 bits per heavy atom. The number of nitrogens with one attached hydrogen (secondary N) is 2. The van der Waals surface area contributed by atoms with Gasteiger partial charge in [-0.2, -0.15) is 5.10 Å². The summed E-state index contributed by atoms with van der Waals surface area (Å²) in [6.07, 6.45) is 3.78. The van der Waals surface area contributed by atoms with Gasteiger partial charge in [0.05, 0.1) is 0 Å². The van der Waals surface area contributed by atoms with Crippen molar-refractivity contribution in [2.24, 2.45) is 0 Å². The van der Waals surface area contributed by atoms with Crippen LogP contribution in [-0.2, 0) is 0 Å². The molecule has 2 aromatic heterocycles. The first-order valence-corrected chi connectivity index (χ1v) is 8.61. The van der Waals surface area contributed by atoms with Crippen molar-refractivity contribution in [1.29, 1.82) is 0 Å². The molecule has 1 aliphatic rings. The van der Waals surface area contributed by atoms with Gasteiger partial charge in [-0.3, -0.25) is 14.8 Å². The molecular weight excluding hydrogens is 304 g/mol. The highest BCUT2D eigenvalue weighted by molar-refractivity contribution is 5.93. The summed E-state index contributed by atoms with van der Waals surface area (Å²) in [5.74, 6) is 1.35. The number of H-pyrrole nitrogens is 1. The predicted octanol–water partition coefficient (Wildman–Crippen LogP) is 2.97. The maximum atomic E-state index is 12.4. The molecule has 0 atom stereocenters. The van der Waals surface area contributed by atoms with Crippen molar-refractivity contribution in [1.82, 2.24) is 20.4 Å². The van der Waals surface area contributed by atoms with Gasteiger partial charge in [-0.15, -0.1) is 0 Å². The average molecular weight is 330 g/mol. The summed E-state index contributed by atoms with van der Waals surface area (Å²) < 4.78 is 5.55. The molecule has 0 bridgehead atoms. The van der Waals surface area contributed by atoms with E-state index >= 15 is 0 Å². The summed E-state index contributed by atoms with van der Waals surface area (Å²) in [6, 6.07) is 5.47. The second-order valence-corrected chi connectivity index (χ2v) is 7.12. The highest BCUT2D eigenvalue weighted by Gasteiger charge is 2.28. The molecule has 1 fully saturated rings. The maximum Gasteiger partial charge on any atom is 0.271 e. The van der Waals surface area contributed by atoms with Crippen LogP contribution < -0.4 is 5.32 Å². The molecule has 24 heavy (non-hydrogen) atoms. The first kappa shape index (κ1) is 16.8. The molecule has 3 heterocycles. The fraction of sp³-hybridized carbons (Fsp3) is 0.556. The van der Waals surface area contributed by atoms with Gasteiger partial charge in [-0.25, -0.2) is 0 Å². The van der Waals surface area contributed by atoms with E-state index in [-0.39, 0.29) is 11.4 Å². The zero-order chi connectivity index (χ0) is 17.2. The lowest BCUT2D eigenvalue weighted by Gasteiger charge is -2.41. The zero-order valence-electron chi connectivity index (χ0n) is 14.7. The molecule has 1 amide bonds. The molecule has 6 nitrogen and oxygen atoms in total. The summed E-state index contributed by atoms with van der Waals surface area (Å²) >= 11 is 0. The summed E-state index contributed by atoms with van der Waals surface area (Å²) in [6.45, 7) is 9.06. The molecule has 0 radical (unpaired) electrons. The minimum atomic E-state index is -0.161. The Labute approximate surface area is 142 Å². The molecule has 1 saturated heterocycles. The van der Waals surface area contributed by atoms with Crippen LogP contribution in [0.15, 0.2) is 22.6 Å². The van der Waals surface area contributed by atoms with Gasteiger partial charge in [0.25, 0.3) is 5.91 Å².